The first-order valence-corrected chi connectivity index (χ1v) is 12.7. The summed E-state index contributed by atoms with van der Waals surface area (Å²) in [6, 6.07) is -0.525. The maximum absolute atomic E-state index is 12.2. The van der Waals surface area contributed by atoms with Gasteiger partial charge in [-0.3, -0.25) is 15.0 Å². The van der Waals surface area contributed by atoms with Crippen molar-refractivity contribution in [3.63, 3.8) is 0 Å². The fraction of sp³-hybridized carbons (Fsp3) is 0.875. The molecule has 182 valence electrons. The van der Waals surface area contributed by atoms with Crippen LogP contribution in [0.15, 0.2) is 0 Å². The molecule has 6 N–H and O–H groups in total. The van der Waals surface area contributed by atoms with E-state index in [1.54, 1.807) is 0 Å². The van der Waals surface area contributed by atoms with E-state index in [1.165, 1.54) is 70.6 Å². The lowest BCUT2D eigenvalue weighted by Gasteiger charge is -2.18. The maximum Gasteiger partial charge on any atom is 0.242 e. The summed E-state index contributed by atoms with van der Waals surface area (Å²) >= 11 is 0. The van der Waals surface area contributed by atoms with Gasteiger partial charge < -0.3 is 21.7 Å². The second-order valence-electron chi connectivity index (χ2n) is 8.49. The van der Waals surface area contributed by atoms with Crippen LogP contribution in [0.3, 0.4) is 0 Å². The second kappa shape index (κ2) is 21.4. The molecule has 7 heteroatoms. The molecule has 0 aromatic rings. The molecule has 0 saturated carbocycles. The zero-order valence-electron chi connectivity index (χ0n) is 20.2. The molecule has 0 rings (SSSR count). The van der Waals surface area contributed by atoms with Crippen molar-refractivity contribution in [2.24, 2.45) is 5.73 Å². The summed E-state index contributed by atoms with van der Waals surface area (Å²) in [6.07, 6.45) is 18.3. The summed E-state index contributed by atoms with van der Waals surface area (Å²) in [4.78, 5) is 24.4. The minimum absolute atomic E-state index is 0.0566. The summed E-state index contributed by atoms with van der Waals surface area (Å²) in [5, 5.41) is 15.5. The van der Waals surface area contributed by atoms with E-state index in [2.05, 4.69) is 22.9 Å². The van der Waals surface area contributed by atoms with Gasteiger partial charge in [0.1, 0.15) is 6.04 Å². The van der Waals surface area contributed by atoms with Crippen molar-refractivity contribution in [1.29, 1.82) is 5.41 Å². The first-order chi connectivity index (χ1) is 15.0. The van der Waals surface area contributed by atoms with Crippen LogP contribution in [0, 0.1) is 5.41 Å². The summed E-state index contributed by atoms with van der Waals surface area (Å²) in [5.41, 5.74) is 5.26. The third-order valence-corrected chi connectivity index (χ3v) is 5.50. The predicted octanol–water partition coefficient (Wildman–Crippen LogP) is 4.35. The van der Waals surface area contributed by atoms with Crippen molar-refractivity contribution in [2.45, 2.75) is 123 Å². The average molecular weight is 440 g/mol. The molecule has 0 aromatic carbocycles. The van der Waals surface area contributed by atoms with Gasteiger partial charge in [-0.2, -0.15) is 0 Å². The molecule has 0 saturated heterocycles. The minimum atomic E-state index is -0.525. The number of hydrogen-bond donors (Lipinski definition) is 5. The van der Waals surface area contributed by atoms with Crippen LogP contribution in [0.5, 0.6) is 0 Å². The Morgan fingerprint density at radius 2 is 1.29 bits per heavy atom. The monoisotopic (exact) mass is 439 g/mol. The molecule has 0 radical (unpaired) electrons. The minimum Gasteiger partial charge on any atom is -0.370 e. The predicted molar refractivity (Wildman–Crippen MR) is 130 cm³/mol. The molecular formula is C24H49N5O2. The lowest BCUT2D eigenvalue weighted by Crippen LogP contribution is -2.47. The number of carbonyl (C=O) groups is 2. The standard InChI is InChI=1S/C24H49N5O2/c1-3-5-6-7-8-9-10-11-12-13-14-15-16-19-22(30)29-21(23(31)27-4-2)18-17-20-28-24(25)26/h21H,3-20H2,1-2H3,(H,27,31)(H,29,30)(H4,25,26,28). The Morgan fingerprint density at radius 1 is 0.774 bits per heavy atom. The van der Waals surface area contributed by atoms with E-state index in [0.29, 0.717) is 32.4 Å². The van der Waals surface area contributed by atoms with E-state index >= 15 is 0 Å². The molecule has 0 heterocycles. The van der Waals surface area contributed by atoms with Crippen LogP contribution in [0.25, 0.3) is 0 Å². The molecule has 1 unspecified atom stereocenters. The van der Waals surface area contributed by atoms with Crippen molar-refractivity contribution in [3.05, 3.63) is 0 Å². The Kier molecular flexibility index (Phi) is 20.2. The average Bonchev–Trinajstić information content (AvgIpc) is 2.73. The second-order valence-corrected chi connectivity index (χ2v) is 8.49. The molecule has 2 amide bonds. The molecular weight excluding hydrogens is 390 g/mol. The fourth-order valence-corrected chi connectivity index (χ4v) is 3.67. The van der Waals surface area contributed by atoms with Crippen molar-refractivity contribution in [2.75, 3.05) is 13.1 Å². The summed E-state index contributed by atoms with van der Waals surface area (Å²) < 4.78 is 0. The first kappa shape index (κ1) is 29.2. The van der Waals surface area contributed by atoms with E-state index in [1.807, 2.05) is 6.92 Å². The Balaban J connectivity index is 3.77. The van der Waals surface area contributed by atoms with E-state index in [0.717, 1.165) is 12.8 Å². The summed E-state index contributed by atoms with van der Waals surface area (Å²) in [7, 11) is 0. The Morgan fingerprint density at radius 3 is 1.77 bits per heavy atom. The van der Waals surface area contributed by atoms with Crippen molar-refractivity contribution >= 4 is 17.8 Å². The number of likely N-dealkylation sites (N-methyl/N-ethyl adjacent to an activating group) is 1. The molecule has 0 aliphatic rings. The third kappa shape index (κ3) is 19.9. The number of nitrogens with two attached hydrogens (primary N) is 1. The van der Waals surface area contributed by atoms with Gasteiger partial charge in [0.25, 0.3) is 0 Å². The highest BCUT2D eigenvalue weighted by Crippen LogP contribution is 2.13. The molecule has 0 aliphatic heterocycles. The van der Waals surface area contributed by atoms with Gasteiger partial charge in [0.2, 0.25) is 11.8 Å². The molecule has 0 aliphatic carbocycles. The number of rotatable bonds is 21. The number of hydrogen-bond acceptors (Lipinski definition) is 3. The normalized spacial score (nSPS) is 11.7. The molecule has 0 bridgehead atoms. The van der Waals surface area contributed by atoms with Gasteiger partial charge >= 0.3 is 0 Å². The Bertz CT molecular complexity index is 471. The summed E-state index contributed by atoms with van der Waals surface area (Å²) in [6.45, 7) is 5.17. The van der Waals surface area contributed by atoms with Gasteiger partial charge in [-0.25, -0.2) is 0 Å². The van der Waals surface area contributed by atoms with Gasteiger partial charge in [0.15, 0.2) is 5.96 Å². The Hall–Kier alpha value is -1.79. The van der Waals surface area contributed by atoms with E-state index in [-0.39, 0.29) is 17.8 Å². The maximum atomic E-state index is 12.2. The fourth-order valence-electron chi connectivity index (χ4n) is 3.67. The van der Waals surface area contributed by atoms with E-state index in [9.17, 15) is 9.59 Å². The largest absolute Gasteiger partial charge is 0.370 e. The zero-order chi connectivity index (χ0) is 23.2. The smallest absolute Gasteiger partial charge is 0.242 e. The van der Waals surface area contributed by atoms with Crippen molar-refractivity contribution < 1.29 is 9.59 Å². The number of unbranched alkanes of at least 4 members (excludes halogenated alkanes) is 12. The molecule has 7 nitrogen and oxygen atoms in total. The molecule has 0 fully saturated rings. The molecule has 0 spiro atoms. The zero-order valence-corrected chi connectivity index (χ0v) is 20.2. The van der Waals surface area contributed by atoms with E-state index in [4.69, 9.17) is 11.1 Å². The number of carbonyl (C=O) groups excluding carboxylic acids is 2. The highest BCUT2D eigenvalue weighted by atomic mass is 16.2. The topological polar surface area (TPSA) is 120 Å². The Labute approximate surface area is 190 Å². The van der Waals surface area contributed by atoms with Gasteiger partial charge in [-0.05, 0) is 26.2 Å². The lowest BCUT2D eigenvalue weighted by atomic mass is 10.0. The first-order valence-electron chi connectivity index (χ1n) is 12.7. The number of nitrogens with one attached hydrogen (secondary N) is 4. The van der Waals surface area contributed by atoms with Gasteiger partial charge in [0.05, 0.1) is 0 Å². The summed E-state index contributed by atoms with van der Waals surface area (Å²) in [5.74, 6) is -0.288. The molecule has 1 atom stereocenters. The van der Waals surface area contributed by atoms with Gasteiger partial charge in [0, 0.05) is 19.5 Å². The van der Waals surface area contributed by atoms with Crippen LogP contribution in [-0.4, -0.2) is 36.9 Å². The molecule has 0 aromatic heterocycles. The molecule has 31 heavy (non-hydrogen) atoms. The van der Waals surface area contributed by atoms with E-state index < -0.39 is 6.04 Å². The van der Waals surface area contributed by atoms with Crippen LogP contribution < -0.4 is 21.7 Å². The number of amides is 2. The van der Waals surface area contributed by atoms with Crippen LogP contribution >= 0.6 is 0 Å². The van der Waals surface area contributed by atoms with Crippen LogP contribution in [0.1, 0.15) is 117 Å². The van der Waals surface area contributed by atoms with Crippen molar-refractivity contribution in [1.82, 2.24) is 16.0 Å². The lowest BCUT2D eigenvalue weighted by molar-refractivity contribution is -0.129. The highest BCUT2D eigenvalue weighted by Gasteiger charge is 2.19. The van der Waals surface area contributed by atoms with Gasteiger partial charge in [-0.15, -0.1) is 0 Å². The number of guanidine groups is 1. The van der Waals surface area contributed by atoms with Crippen LogP contribution in [-0.2, 0) is 9.59 Å². The van der Waals surface area contributed by atoms with Crippen LogP contribution in [0.2, 0.25) is 0 Å². The van der Waals surface area contributed by atoms with Gasteiger partial charge in [-0.1, -0.05) is 84.0 Å². The highest BCUT2D eigenvalue weighted by molar-refractivity contribution is 5.87. The quantitative estimate of drug-likeness (QED) is 0.104. The SMILES string of the molecule is CCCCCCCCCCCCCCCC(=O)NC(CCCNC(=N)N)C(=O)NCC. The third-order valence-electron chi connectivity index (χ3n) is 5.50. The van der Waals surface area contributed by atoms with Crippen molar-refractivity contribution in [3.8, 4) is 0 Å². The van der Waals surface area contributed by atoms with Crippen LogP contribution in [0.4, 0.5) is 0 Å².